The Morgan fingerprint density at radius 1 is 0.933 bits per heavy atom. The number of rotatable bonds is 4. The highest BCUT2D eigenvalue weighted by Gasteiger charge is 2.09. The summed E-state index contributed by atoms with van der Waals surface area (Å²) in [6.07, 6.45) is 0. The number of methoxy groups -OCH3 is 1. The Bertz CT molecular complexity index is 1030. The molecule has 154 valence electrons. The topological polar surface area (TPSA) is 101 Å². The molecule has 1 aromatic heterocycles. The molecule has 3 rings (SSSR count). The molecular formula is C21H21FN6O2. The summed E-state index contributed by atoms with van der Waals surface area (Å²) in [6.45, 7) is 3.66. The van der Waals surface area contributed by atoms with Gasteiger partial charge in [-0.3, -0.25) is 5.32 Å². The lowest BCUT2D eigenvalue weighted by molar-refractivity contribution is 0.256. The van der Waals surface area contributed by atoms with E-state index in [1.54, 1.807) is 31.4 Å². The Hall–Kier alpha value is -4.01. The first-order valence-electron chi connectivity index (χ1n) is 9.07. The zero-order valence-corrected chi connectivity index (χ0v) is 16.7. The number of benzene rings is 2. The van der Waals surface area contributed by atoms with Gasteiger partial charge >= 0.3 is 6.03 Å². The van der Waals surface area contributed by atoms with Crippen molar-refractivity contribution in [2.24, 2.45) is 4.99 Å². The molecule has 1 heterocycles. The Morgan fingerprint density at radius 2 is 1.50 bits per heavy atom. The Kier molecular flexibility index (Phi) is 6.53. The molecule has 0 spiro atoms. The number of carbonyl (C=O) groups excluding carboxylic acids is 1. The van der Waals surface area contributed by atoms with E-state index in [1.165, 1.54) is 24.3 Å². The van der Waals surface area contributed by atoms with Crippen LogP contribution in [0.5, 0.6) is 5.75 Å². The lowest BCUT2D eigenvalue weighted by Gasteiger charge is -2.13. The van der Waals surface area contributed by atoms with Gasteiger partial charge in [0.2, 0.25) is 5.96 Å². The number of urea groups is 1. The molecule has 3 N–H and O–H groups in total. The monoisotopic (exact) mass is 408 g/mol. The van der Waals surface area contributed by atoms with E-state index in [1.807, 2.05) is 19.9 Å². The van der Waals surface area contributed by atoms with Crippen molar-refractivity contribution in [3.05, 3.63) is 71.8 Å². The van der Waals surface area contributed by atoms with Crippen LogP contribution in [0.3, 0.4) is 0 Å². The van der Waals surface area contributed by atoms with Gasteiger partial charge in [0.25, 0.3) is 5.95 Å². The Labute approximate surface area is 173 Å². The van der Waals surface area contributed by atoms with E-state index in [9.17, 15) is 9.18 Å². The fourth-order valence-electron chi connectivity index (χ4n) is 2.56. The summed E-state index contributed by atoms with van der Waals surface area (Å²) in [5, 5.41) is 8.27. The van der Waals surface area contributed by atoms with E-state index in [2.05, 4.69) is 30.9 Å². The molecule has 0 bridgehead atoms. The van der Waals surface area contributed by atoms with Crippen LogP contribution in [0.1, 0.15) is 11.4 Å². The third-order valence-corrected chi connectivity index (χ3v) is 3.87. The summed E-state index contributed by atoms with van der Waals surface area (Å²) in [4.78, 5) is 25.3. The molecular weight excluding hydrogens is 387 g/mol. The molecule has 30 heavy (non-hydrogen) atoms. The van der Waals surface area contributed by atoms with Gasteiger partial charge in [0, 0.05) is 22.8 Å². The zero-order valence-electron chi connectivity index (χ0n) is 16.7. The Balaban J connectivity index is 1.82. The molecule has 3 aromatic rings. The average molecular weight is 408 g/mol. The minimum Gasteiger partial charge on any atom is -0.497 e. The molecule has 0 atom stereocenters. The van der Waals surface area contributed by atoms with Crippen LogP contribution in [-0.2, 0) is 0 Å². The quantitative estimate of drug-likeness (QED) is 0.445. The highest BCUT2D eigenvalue weighted by atomic mass is 19.1. The maximum absolute atomic E-state index is 13.1. The largest absolute Gasteiger partial charge is 0.497 e. The molecule has 0 saturated heterocycles. The van der Waals surface area contributed by atoms with Gasteiger partial charge in [0.05, 0.1) is 7.11 Å². The summed E-state index contributed by atoms with van der Waals surface area (Å²) < 4.78 is 18.2. The van der Waals surface area contributed by atoms with Crippen LogP contribution in [0.4, 0.5) is 26.5 Å². The molecule has 2 amide bonds. The van der Waals surface area contributed by atoms with Crippen molar-refractivity contribution < 1.29 is 13.9 Å². The molecule has 8 nitrogen and oxygen atoms in total. The average Bonchev–Trinajstić information content (AvgIpc) is 2.69. The number of aliphatic imine (C=N–C) groups is 1. The van der Waals surface area contributed by atoms with Crippen molar-refractivity contribution in [2.75, 3.05) is 17.7 Å². The van der Waals surface area contributed by atoms with E-state index >= 15 is 0 Å². The summed E-state index contributed by atoms with van der Waals surface area (Å²) >= 11 is 0. The molecule has 0 unspecified atom stereocenters. The smallest absolute Gasteiger partial charge is 0.326 e. The van der Waals surface area contributed by atoms with E-state index < -0.39 is 11.8 Å². The number of nitrogens with one attached hydrogen (secondary N) is 3. The van der Waals surface area contributed by atoms with Gasteiger partial charge in [-0.2, -0.15) is 4.99 Å². The summed E-state index contributed by atoms with van der Waals surface area (Å²) in [5.74, 6) is 0.616. The van der Waals surface area contributed by atoms with Crippen LogP contribution in [0, 0.1) is 19.7 Å². The van der Waals surface area contributed by atoms with Gasteiger partial charge in [0.1, 0.15) is 11.6 Å². The fourth-order valence-corrected chi connectivity index (χ4v) is 2.56. The number of hydrogen-bond donors (Lipinski definition) is 3. The molecule has 0 aliphatic carbocycles. The highest BCUT2D eigenvalue weighted by Crippen LogP contribution is 2.16. The normalized spacial score (nSPS) is 11.0. The molecule has 9 heteroatoms. The van der Waals surface area contributed by atoms with Crippen LogP contribution in [0.2, 0.25) is 0 Å². The van der Waals surface area contributed by atoms with Gasteiger partial charge in [-0.1, -0.05) is 0 Å². The fraction of sp³-hybridized carbons (Fsp3) is 0.143. The number of anilines is 2. The van der Waals surface area contributed by atoms with Crippen molar-refractivity contribution in [3.63, 3.8) is 0 Å². The number of amides is 2. The second-order valence-electron chi connectivity index (χ2n) is 6.35. The standard InChI is InChI=1S/C21H21FN6O2/c1-13-12-14(2)24-19(23-13)27-20(25-16-8-10-18(30-3)11-9-16)28-21(29)26-17-6-4-15(22)5-7-17/h4-12H,1-3H3,(H3,23,24,25,26,27,28,29). The number of nitrogens with zero attached hydrogens (tertiary/aromatic N) is 3. The van der Waals surface area contributed by atoms with E-state index in [0.29, 0.717) is 17.1 Å². The van der Waals surface area contributed by atoms with Crippen molar-refractivity contribution in [1.29, 1.82) is 0 Å². The van der Waals surface area contributed by atoms with E-state index in [4.69, 9.17) is 4.74 Å². The number of ether oxygens (including phenoxy) is 1. The van der Waals surface area contributed by atoms with Crippen LogP contribution < -0.4 is 20.7 Å². The molecule has 2 aromatic carbocycles. The Morgan fingerprint density at radius 3 is 2.10 bits per heavy atom. The lowest BCUT2D eigenvalue weighted by Crippen LogP contribution is -2.38. The van der Waals surface area contributed by atoms with Crippen LogP contribution >= 0.6 is 0 Å². The SMILES string of the molecule is COc1ccc(N/C(=N/c2nc(C)cc(C)n2)NC(=O)Nc2ccc(F)cc2)cc1. The van der Waals surface area contributed by atoms with Gasteiger partial charge in [-0.15, -0.1) is 0 Å². The van der Waals surface area contributed by atoms with Crippen LogP contribution in [-0.4, -0.2) is 29.1 Å². The molecule has 0 fully saturated rings. The van der Waals surface area contributed by atoms with Gasteiger partial charge in [-0.25, -0.2) is 19.2 Å². The predicted molar refractivity (Wildman–Crippen MR) is 114 cm³/mol. The number of guanidine groups is 1. The van der Waals surface area contributed by atoms with Crippen LogP contribution in [0.25, 0.3) is 0 Å². The minimum atomic E-state index is -0.564. The van der Waals surface area contributed by atoms with Crippen LogP contribution in [0.15, 0.2) is 59.6 Å². The summed E-state index contributed by atoms with van der Waals surface area (Å²) in [7, 11) is 1.58. The van der Waals surface area contributed by atoms with Gasteiger partial charge < -0.3 is 15.4 Å². The maximum atomic E-state index is 13.1. The summed E-state index contributed by atoms with van der Waals surface area (Å²) in [5.41, 5.74) is 2.60. The lowest BCUT2D eigenvalue weighted by atomic mass is 10.3. The first-order valence-corrected chi connectivity index (χ1v) is 9.07. The molecule has 0 aliphatic rings. The number of hydrogen-bond acceptors (Lipinski definition) is 5. The second kappa shape index (κ2) is 9.46. The number of aromatic nitrogens is 2. The van der Waals surface area contributed by atoms with E-state index in [0.717, 1.165) is 11.4 Å². The summed E-state index contributed by atoms with van der Waals surface area (Å²) in [6, 6.07) is 13.8. The molecule has 0 radical (unpaired) electrons. The number of halogens is 1. The van der Waals surface area contributed by atoms with Gasteiger partial charge in [0.15, 0.2) is 0 Å². The first kappa shape index (κ1) is 20.7. The second-order valence-corrected chi connectivity index (χ2v) is 6.35. The minimum absolute atomic E-state index is 0.116. The third kappa shape index (κ3) is 5.99. The number of carbonyl (C=O) groups is 1. The van der Waals surface area contributed by atoms with Gasteiger partial charge in [-0.05, 0) is 68.4 Å². The van der Waals surface area contributed by atoms with Crippen molar-refractivity contribution >= 4 is 29.3 Å². The maximum Gasteiger partial charge on any atom is 0.326 e. The van der Waals surface area contributed by atoms with E-state index in [-0.39, 0.29) is 11.9 Å². The molecule has 0 aliphatic heterocycles. The zero-order chi connectivity index (χ0) is 21.5. The predicted octanol–water partition coefficient (Wildman–Crippen LogP) is 4.16. The van der Waals surface area contributed by atoms with Crippen molar-refractivity contribution in [3.8, 4) is 5.75 Å². The third-order valence-electron chi connectivity index (χ3n) is 3.87. The van der Waals surface area contributed by atoms with Crippen molar-refractivity contribution in [1.82, 2.24) is 15.3 Å². The van der Waals surface area contributed by atoms with Crippen molar-refractivity contribution in [2.45, 2.75) is 13.8 Å². The highest BCUT2D eigenvalue weighted by molar-refractivity contribution is 6.08. The first-order chi connectivity index (χ1) is 14.4. The number of aryl methyl sites for hydroxylation is 2. The molecule has 0 saturated carbocycles.